The Balaban J connectivity index is 2.23. The second-order valence-electron chi connectivity index (χ2n) is 4.20. The summed E-state index contributed by atoms with van der Waals surface area (Å²) in [5.74, 6) is -0.153. The molecule has 1 amide bonds. The van der Waals surface area contributed by atoms with E-state index in [2.05, 4.69) is 28.2 Å². The fourth-order valence-electron chi connectivity index (χ4n) is 1.83. The second kappa shape index (κ2) is 5.89. The monoisotopic (exact) mass is 318 g/mol. The van der Waals surface area contributed by atoms with Crippen molar-refractivity contribution >= 4 is 33.2 Å². The van der Waals surface area contributed by atoms with Crippen LogP contribution in [-0.4, -0.2) is 5.91 Å². The maximum Gasteiger partial charge on any atom is 0.255 e. The van der Waals surface area contributed by atoms with Crippen molar-refractivity contribution in [1.82, 2.24) is 0 Å². The number of hydrogen-bond acceptors (Lipinski definition) is 2. The standard InChI is InChI=1S/C15H15BrN2O/c1-2-10-5-3-4-6-14(10)18-15(19)11-7-8-12(16)13(17)9-11/h3-9H,2,17H2,1H3,(H,18,19). The minimum atomic E-state index is -0.153. The molecule has 98 valence electrons. The minimum absolute atomic E-state index is 0.153. The number of rotatable bonds is 3. The molecule has 0 spiro atoms. The molecule has 2 rings (SSSR count). The van der Waals surface area contributed by atoms with Crippen LogP contribution in [0.4, 0.5) is 11.4 Å². The van der Waals surface area contributed by atoms with Crippen LogP contribution in [-0.2, 0) is 6.42 Å². The summed E-state index contributed by atoms with van der Waals surface area (Å²) in [6, 6.07) is 13.0. The third kappa shape index (κ3) is 3.15. The lowest BCUT2D eigenvalue weighted by Gasteiger charge is -2.10. The number of nitrogen functional groups attached to an aromatic ring is 1. The molecule has 2 aromatic carbocycles. The average molecular weight is 319 g/mol. The van der Waals surface area contributed by atoms with Gasteiger partial charge in [0.1, 0.15) is 0 Å². The van der Waals surface area contributed by atoms with E-state index in [9.17, 15) is 4.79 Å². The molecule has 0 radical (unpaired) electrons. The fraction of sp³-hybridized carbons (Fsp3) is 0.133. The number of hydrogen-bond donors (Lipinski definition) is 2. The molecule has 2 aromatic rings. The van der Waals surface area contributed by atoms with Crippen molar-refractivity contribution in [3.63, 3.8) is 0 Å². The fourth-order valence-corrected chi connectivity index (χ4v) is 2.08. The van der Waals surface area contributed by atoms with Crippen LogP contribution < -0.4 is 11.1 Å². The van der Waals surface area contributed by atoms with E-state index < -0.39 is 0 Å². The Hall–Kier alpha value is -1.81. The Kier molecular flexibility index (Phi) is 4.22. The molecule has 0 aliphatic carbocycles. The van der Waals surface area contributed by atoms with E-state index in [1.54, 1.807) is 18.2 Å². The van der Waals surface area contributed by atoms with E-state index in [4.69, 9.17) is 5.73 Å². The van der Waals surface area contributed by atoms with Crippen molar-refractivity contribution in [3.05, 3.63) is 58.1 Å². The molecule has 0 heterocycles. The van der Waals surface area contributed by atoms with Gasteiger partial charge in [0.15, 0.2) is 0 Å². The summed E-state index contributed by atoms with van der Waals surface area (Å²) in [6.07, 6.45) is 0.874. The SMILES string of the molecule is CCc1ccccc1NC(=O)c1ccc(Br)c(N)c1. The van der Waals surface area contributed by atoms with Gasteiger partial charge in [0.05, 0.1) is 0 Å². The van der Waals surface area contributed by atoms with Crippen molar-refractivity contribution in [2.45, 2.75) is 13.3 Å². The molecule has 0 unspecified atom stereocenters. The predicted octanol–water partition coefficient (Wildman–Crippen LogP) is 3.85. The van der Waals surface area contributed by atoms with E-state index in [0.29, 0.717) is 11.3 Å². The van der Waals surface area contributed by atoms with E-state index in [-0.39, 0.29) is 5.91 Å². The lowest BCUT2D eigenvalue weighted by Crippen LogP contribution is -2.13. The van der Waals surface area contributed by atoms with Crippen molar-refractivity contribution in [2.75, 3.05) is 11.1 Å². The topological polar surface area (TPSA) is 55.1 Å². The lowest BCUT2D eigenvalue weighted by molar-refractivity contribution is 0.102. The molecule has 0 saturated heterocycles. The summed E-state index contributed by atoms with van der Waals surface area (Å²) in [7, 11) is 0. The van der Waals surface area contributed by atoms with E-state index in [1.807, 2.05) is 24.3 Å². The first-order chi connectivity index (χ1) is 9.11. The minimum Gasteiger partial charge on any atom is -0.398 e. The first kappa shape index (κ1) is 13.6. The molecule has 0 aromatic heterocycles. The maximum atomic E-state index is 12.2. The van der Waals surface area contributed by atoms with Crippen LogP contribution >= 0.6 is 15.9 Å². The van der Waals surface area contributed by atoms with Gasteiger partial charge in [0, 0.05) is 21.4 Å². The highest BCUT2D eigenvalue weighted by atomic mass is 79.9. The van der Waals surface area contributed by atoms with Crippen molar-refractivity contribution in [3.8, 4) is 0 Å². The van der Waals surface area contributed by atoms with Gasteiger partial charge in [0.2, 0.25) is 0 Å². The number of nitrogens with two attached hydrogens (primary N) is 1. The first-order valence-electron chi connectivity index (χ1n) is 6.06. The highest BCUT2D eigenvalue weighted by Gasteiger charge is 2.09. The number of carbonyl (C=O) groups is 1. The summed E-state index contributed by atoms with van der Waals surface area (Å²) < 4.78 is 0.790. The quantitative estimate of drug-likeness (QED) is 0.845. The first-order valence-corrected chi connectivity index (χ1v) is 6.85. The second-order valence-corrected chi connectivity index (χ2v) is 5.06. The van der Waals surface area contributed by atoms with Crippen LogP contribution in [0.15, 0.2) is 46.9 Å². The van der Waals surface area contributed by atoms with E-state index in [1.165, 1.54) is 0 Å². The number of benzene rings is 2. The number of anilines is 2. The molecule has 3 nitrogen and oxygen atoms in total. The van der Waals surface area contributed by atoms with Crippen LogP contribution in [0.5, 0.6) is 0 Å². The summed E-state index contributed by atoms with van der Waals surface area (Å²) in [6.45, 7) is 2.06. The van der Waals surface area contributed by atoms with Gasteiger partial charge in [-0.3, -0.25) is 4.79 Å². The van der Waals surface area contributed by atoms with E-state index in [0.717, 1.165) is 22.1 Å². The van der Waals surface area contributed by atoms with Crippen LogP contribution in [0.25, 0.3) is 0 Å². The number of amides is 1. The zero-order valence-corrected chi connectivity index (χ0v) is 12.2. The van der Waals surface area contributed by atoms with Gasteiger partial charge in [-0.15, -0.1) is 0 Å². The largest absolute Gasteiger partial charge is 0.398 e. The highest BCUT2D eigenvalue weighted by molar-refractivity contribution is 9.10. The Bertz CT molecular complexity index is 611. The lowest BCUT2D eigenvalue weighted by atomic mass is 10.1. The van der Waals surface area contributed by atoms with Gasteiger partial charge in [-0.05, 0) is 52.2 Å². The van der Waals surface area contributed by atoms with Crippen LogP contribution in [0.3, 0.4) is 0 Å². The van der Waals surface area contributed by atoms with Crippen LogP contribution in [0.2, 0.25) is 0 Å². The van der Waals surface area contributed by atoms with Crippen molar-refractivity contribution in [1.29, 1.82) is 0 Å². The van der Waals surface area contributed by atoms with E-state index >= 15 is 0 Å². The average Bonchev–Trinajstić information content (AvgIpc) is 2.42. The molecular weight excluding hydrogens is 304 g/mol. The smallest absolute Gasteiger partial charge is 0.255 e. The predicted molar refractivity (Wildman–Crippen MR) is 82.3 cm³/mol. The van der Waals surface area contributed by atoms with Gasteiger partial charge in [-0.1, -0.05) is 25.1 Å². The third-order valence-electron chi connectivity index (χ3n) is 2.90. The molecule has 4 heteroatoms. The molecule has 19 heavy (non-hydrogen) atoms. The number of nitrogens with one attached hydrogen (secondary N) is 1. The molecule has 3 N–H and O–H groups in total. The maximum absolute atomic E-state index is 12.2. The van der Waals surface area contributed by atoms with Crippen molar-refractivity contribution in [2.24, 2.45) is 0 Å². The van der Waals surface area contributed by atoms with Crippen LogP contribution in [0, 0.1) is 0 Å². The molecule has 0 aliphatic rings. The molecular formula is C15H15BrN2O. The van der Waals surface area contributed by atoms with Crippen LogP contribution in [0.1, 0.15) is 22.8 Å². The summed E-state index contributed by atoms with van der Waals surface area (Å²) in [4.78, 5) is 12.2. The molecule has 0 atom stereocenters. The number of para-hydroxylation sites is 1. The molecule has 0 fully saturated rings. The molecule has 0 bridgehead atoms. The van der Waals surface area contributed by atoms with Gasteiger partial charge >= 0.3 is 0 Å². The van der Waals surface area contributed by atoms with Gasteiger partial charge in [-0.2, -0.15) is 0 Å². The van der Waals surface area contributed by atoms with Gasteiger partial charge in [0.25, 0.3) is 5.91 Å². The Morgan fingerprint density at radius 3 is 2.68 bits per heavy atom. The summed E-state index contributed by atoms with van der Waals surface area (Å²) in [5.41, 5.74) is 8.84. The number of halogens is 1. The van der Waals surface area contributed by atoms with Crippen molar-refractivity contribution < 1.29 is 4.79 Å². The van der Waals surface area contributed by atoms with Gasteiger partial charge < -0.3 is 11.1 Å². The highest BCUT2D eigenvalue weighted by Crippen LogP contribution is 2.22. The van der Waals surface area contributed by atoms with Gasteiger partial charge in [-0.25, -0.2) is 0 Å². The molecule has 0 saturated carbocycles. The summed E-state index contributed by atoms with van der Waals surface area (Å²) in [5, 5.41) is 2.91. The Morgan fingerprint density at radius 2 is 2.00 bits per heavy atom. The number of aryl methyl sites for hydroxylation is 1. The third-order valence-corrected chi connectivity index (χ3v) is 3.63. The normalized spacial score (nSPS) is 10.2. The molecule has 0 aliphatic heterocycles. The Labute approximate surface area is 121 Å². The Morgan fingerprint density at radius 1 is 1.26 bits per heavy atom. The number of carbonyl (C=O) groups excluding carboxylic acids is 1. The zero-order valence-electron chi connectivity index (χ0n) is 10.6. The zero-order chi connectivity index (χ0) is 13.8. The summed E-state index contributed by atoms with van der Waals surface area (Å²) >= 11 is 3.31.